The minimum absolute atomic E-state index is 0.0188. The summed E-state index contributed by atoms with van der Waals surface area (Å²) in [7, 11) is 0. The van der Waals surface area contributed by atoms with Gasteiger partial charge in [0.25, 0.3) is 0 Å². The average molecular weight is 285 g/mol. The van der Waals surface area contributed by atoms with E-state index in [0.717, 1.165) is 17.4 Å². The first-order valence-electron chi connectivity index (χ1n) is 5.18. The standard InChI is InChI=1S/C10H13BrN4O/c1-6-2-3-12-9(16)8(6)15-10-13-4-7(11)5-14-10/h4-6,8H,2-3H2,1H3,(H,12,16)(H,13,14,15)/t6-,8-/m0/s1. The highest BCUT2D eigenvalue weighted by Crippen LogP contribution is 2.16. The van der Waals surface area contributed by atoms with Crippen LogP contribution in [0.15, 0.2) is 16.9 Å². The van der Waals surface area contributed by atoms with E-state index in [4.69, 9.17) is 0 Å². The summed E-state index contributed by atoms with van der Waals surface area (Å²) < 4.78 is 0.819. The third-order valence-corrected chi connectivity index (χ3v) is 3.06. The zero-order valence-corrected chi connectivity index (χ0v) is 10.5. The largest absolute Gasteiger partial charge is 0.354 e. The van der Waals surface area contributed by atoms with E-state index in [1.54, 1.807) is 12.4 Å². The topological polar surface area (TPSA) is 66.9 Å². The van der Waals surface area contributed by atoms with Crippen molar-refractivity contribution in [3.05, 3.63) is 16.9 Å². The van der Waals surface area contributed by atoms with Gasteiger partial charge in [0.15, 0.2) is 0 Å². The maximum Gasteiger partial charge on any atom is 0.242 e. The number of piperidine rings is 1. The Bertz CT molecular complexity index is 381. The van der Waals surface area contributed by atoms with Crippen LogP contribution < -0.4 is 10.6 Å². The summed E-state index contributed by atoms with van der Waals surface area (Å²) in [6.45, 7) is 2.80. The Morgan fingerprint density at radius 2 is 2.19 bits per heavy atom. The molecule has 1 aliphatic heterocycles. The van der Waals surface area contributed by atoms with Crippen LogP contribution >= 0.6 is 15.9 Å². The van der Waals surface area contributed by atoms with Crippen LogP contribution in [0.2, 0.25) is 0 Å². The monoisotopic (exact) mass is 284 g/mol. The van der Waals surface area contributed by atoms with Gasteiger partial charge in [-0.25, -0.2) is 9.97 Å². The molecule has 86 valence electrons. The third-order valence-electron chi connectivity index (χ3n) is 2.66. The van der Waals surface area contributed by atoms with Gasteiger partial charge in [0.05, 0.1) is 4.47 Å². The van der Waals surface area contributed by atoms with Crippen molar-refractivity contribution < 1.29 is 4.79 Å². The molecule has 2 atom stereocenters. The molecule has 1 aliphatic rings. The Balaban J connectivity index is 2.07. The van der Waals surface area contributed by atoms with Crippen molar-refractivity contribution in [3.8, 4) is 0 Å². The molecule has 6 heteroatoms. The second kappa shape index (κ2) is 4.78. The number of carbonyl (C=O) groups excluding carboxylic acids is 1. The normalized spacial score (nSPS) is 25.0. The van der Waals surface area contributed by atoms with Crippen LogP contribution in [0.1, 0.15) is 13.3 Å². The maximum absolute atomic E-state index is 11.6. The summed E-state index contributed by atoms with van der Waals surface area (Å²) in [6, 6.07) is -0.241. The quantitative estimate of drug-likeness (QED) is 0.856. The van der Waals surface area contributed by atoms with Gasteiger partial charge < -0.3 is 10.6 Å². The Hall–Kier alpha value is -1.17. The SMILES string of the molecule is C[C@H]1CCNC(=O)[C@H]1Nc1ncc(Br)cn1. The van der Waals surface area contributed by atoms with E-state index < -0.39 is 0 Å². The number of carbonyl (C=O) groups is 1. The van der Waals surface area contributed by atoms with Crippen molar-refractivity contribution >= 4 is 27.8 Å². The lowest BCUT2D eigenvalue weighted by Crippen LogP contribution is -2.49. The summed E-state index contributed by atoms with van der Waals surface area (Å²) in [5, 5.41) is 5.88. The first-order chi connectivity index (χ1) is 7.66. The molecular formula is C10H13BrN4O. The summed E-state index contributed by atoms with van der Waals surface area (Å²) in [5.41, 5.74) is 0. The molecule has 1 fully saturated rings. The van der Waals surface area contributed by atoms with E-state index in [-0.39, 0.29) is 11.9 Å². The highest BCUT2D eigenvalue weighted by molar-refractivity contribution is 9.10. The van der Waals surface area contributed by atoms with Gasteiger partial charge in [-0.15, -0.1) is 0 Å². The van der Waals surface area contributed by atoms with Crippen LogP contribution in [-0.2, 0) is 4.79 Å². The molecule has 2 N–H and O–H groups in total. The Labute approximate surface area is 102 Å². The summed E-state index contributed by atoms with van der Waals surface area (Å²) in [5.74, 6) is 0.795. The molecular weight excluding hydrogens is 272 g/mol. The van der Waals surface area contributed by atoms with E-state index in [2.05, 4.69) is 43.5 Å². The molecule has 0 spiro atoms. The maximum atomic E-state index is 11.6. The lowest BCUT2D eigenvalue weighted by Gasteiger charge is -2.28. The first-order valence-corrected chi connectivity index (χ1v) is 5.98. The number of nitrogens with zero attached hydrogens (tertiary/aromatic N) is 2. The minimum atomic E-state index is -0.241. The molecule has 1 saturated heterocycles. The van der Waals surface area contributed by atoms with Crippen LogP contribution in [0.25, 0.3) is 0 Å². The second-order valence-electron chi connectivity index (χ2n) is 3.90. The number of nitrogens with one attached hydrogen (secondary N) is 2. The highest BCUT2D eigenvalue weighted by atomic mass is 79.9. The third kappa shape index (κ3) is 2.49. The van der Waals surface area contributed by atoms with Crippen LogP contribution in [-0.4, -0.2) is 28.5 Å². The molecule has 16 heavy (non-hydrogen) atoms. The van der Waals surface area contributed by atoms with Gasteiger partial charge in [0, 0.05) is 18.9 Å². The number of hydrogen-bond acceptors (Lipinski definition) is 4. The van der Waals surface area contributed by atoms with Crippen molar-refractivity contribution in [2.75, 3.05) is 11.9 Å². The molecule has 0 saturated carbocycles. The van der Waals surface area contributed by atoms with Gasteiger partial charge in [0.2, 0.25) is 11.9 Å². The highest BCUT2D eigenvalue weighted by Gasteiger charge is 2.29. The van der Waals surface area contributed by atoms with Crippen molar-refractivity contribution in [1.29, 1.82) is 0 Å². The number of anilines is 1. The predicted molar refractivity (Wildman–Crippen MR) is 63.9 cm³/mol. The van der Waals surface area contributed by atoms with E-state index in [9.17, 15) is 4.79 Å². The Kier molecular flexibility index (Phi) is 3.38. The van der Waals surface area contributed by atoms with Crippen LogP contribution in [0.5, 0.6) is 0 Å². The van der Waals surface area contributed by atoms with Crippen LogP contribution in [0.3, 0.4) is 0 Å². The van der Waals surface area contributed by atoms with Crippen molar-refractivity contribution in [2.24, 2.45) is 5.92 Å². The Morgan fingerprint density at radius 1 is 1.50 bits per heavy atom. The first kappa shape index (κ1) is 11.3. The van der Waals surface area contributed by atoms with Gasteiger partial charge in [-0.1, -0.05) is 6.92 Å². The Morgan fingerprint density at radius 3 is 2.81 bits per heavy atom. The minimum Gasteiger partial charge on any atom is -0.354 e. The lowest BCUT2D eigenvalue weighted by molar-refractivity contribution is -0.124. The fraction of sp³-hybridized carbons (Fsp3) is 0.500. The van der Waals surface area contributed by atoms with Crippen molar-refractivity contribution in [2.45, 2.75) is 19.4 Å². The number of halogens is 1. The fourth-order valence-electron chi connectivity index (χ4n) is 1.69. The van der Waals surface area contributed by atoms with E-state index in [1.807, 2.05) is 0 Å². The molecule has 2 rings (SSSR count). The smallest absolute Gasteiger partial charge is 0.242 e. The molecule has 1 amide bonds. The van der Waals surface area contributed by atoms with Crippen molar-refractivity contribution in [3.63, 3.8) is 0 Å². The van der Waals surface area contributed by atoms with Gasteiger partial charge in [0.1, 0.15) is 6.04 Å². The van der Waals surface area contributed by atoms with Crippen LogP contribution in [0, 0.1) is 5.92 Å². The second-order valence-corrected chi connectivity index (χ2v) is 4.82. The average Bonchev–Trinajstić information content (AvgIpc) is 2.26. The lowest BCUT2D eigenvalue weighted by atomic mass is 9.94. The summed E-state index contributed by atoms with van der Waals surface area (Å²) in [4.78, 5) is 19.8. The van der Waals surface area contributed by atoms with Gasteiger partial charge in [-0.2, -0.15) is 0 Å². The van der Waals surface area contributed by atoms with Crippen molar-refractivity contribution in [1.82, 2.24) is 15.3 Å². The molecule has 0 unspecified atom stereocenters. The molecule has 2 heterocycles. The van der Waals surface area contributed by atoms with Crippen LogP contribution in [0.4, 0.5) is 5.95 Å². The van der Waals surface area contributed by atoms with E-state index in [0.29, 0.717) is 11.9 Å². The summed E-state index contributed by atoms with van der Waals surface area (Å²) in [6.07, 6.45) is 4.28. The molecule has 0 bridgehead atoms. The van der Waals surface area contributed by atoms with E-state index >= 15 is 0 Å². The van der Waals surface area contributed by atoms with Gasteiger partial charge in [-0.05, 0) is 28.3 Å². The molecule has 5 nitrogen and oxygen atoms in total. The zero-order chi connectivity index (χ0) is 11.5. The number of aromatic nitrogens is 2. The number of rotatable bonds is 2. The number of amides is 1. The molecule has 1 aromatic rings. The zero-order valence-electron chi connectivity index (χ0n) is 8.90. The number of hydrogen-bond donors (Lipinski definition) is 2. The summed E-state index contributed by atoms with van der Waals surface area (Å²) >= 11 is 3.26. The molecule has 0 aromatic carbocycles. The van der Waals surface area contributed by atoms with E-state index in [1.165, 1.54) is 0 Å². The molecule has 0 aliphatic carbocycles. The predicted octanol–water partition coefficient (Wildman–Crippen LogP) is 1.18. The van der Waals surface area contributed by atoms with Gasteiger partial charge >= 0.3 is 0 Å². The van der Waals surface area contributed by atoms with Gasteiger partial charge in [-0.3, -0.25) is 4.79 Å². The fourth-order valence-corrected chi connectivity index (χ4v) is 1.90. The molecule has 1 aromatic heterocycles. The molecule has 0 radical (unpaired) electrons.